The van der Waals surface area contributed by atoms with E-state index in [9.17, 15) is 19.5 Å². The van der Waals surface area contributed by atoms with Gasteiger partial charge in [-0.05, 0) is 51.5 Å². The number of amides is 1. The normalized spacial score (nSPS) is 20.6. The van der Waals surface area contributed by atoms with Crippen LogP contribution in [0.1, 0.15) is 48.4 Å². The van der Waals surface area contributed by atoms with E-state index in [1.54, 1.807) is 17.7 Å². The zero-order valence-electron chi connectivity index (χ0n) is 22.4. The van der Waals surface area contributed by atoms with Gasteiger partial charge in [-0.1, -0.05) is 17.7 Å². The summed E-state index contributed by atoms with van der Waals surface area (Å²) in [7, 11) is 1.71. The number of carbonyl (C=O) groups is 2. The number of ether oxygens (including phenoxy) is 1. The van der Waals surface area contributed by atoms with Crippen LogP contribution in [0.4, 0.5) is 16.4 Å². The lowest BCUT2D eigenvalue weighted by Gasteiger charge is -2.25. The van der Waals surface area contributed by atoms with Crippen molar-refractivity contribution in [1.29, 1.82) is 0 Å². The van der Waals surface area contributed by atoms with Gasteiger partial charge < -0.3 is 25.4 Å². The zero-order chi connectivity index (χ0) is 28.2. The summed E-state index contributed by atoms with van der Waals surface area (Å²) in [5.41, 5.74) is 2.13. The minimum Gasteiger partial charge on any atom is -0.476 e. The third-order valence-electron chi connectivity index (χ3n) is 7.28. The van der Waals surface area contributed by atoms with Crippen molar-refractivity contribution in [1.82, 2.24) is 19.9 Å². The molecule has 3 heterocycles. The third-order valence-corrected chi connectivity index (χ3v) is 7.49. The number of carboxylic acids is 1. The van der Waals surface area contributed by atoms with Crippen molar-refractivity contribution in [2.24, 2.45) is 18.9 Å². The van der Waals surface area contributed by atoms with Gasteiger partial charge in [-0.2, -0.15) is 0 Å². The molecule has 11 nitrogen and oxygen atoms in total. The highest BCUT2D eigenvalue weighted by Crippen LogP contribution is 2.48. The number of alkyl carbamates (subject to hydrolysis) is 1. The molecule has 1 aliphatic carbocycles. The van der Waals surface area contributed by atoms with Crippen LogP contribution in [0.5, 0.6) is 0 Å². The second-order valence-electron chi connectivity index (χ2n) is 10.6. The number of aryl methyl sites for hydroxylation is 1. The molecule has 39 heavy (non-hydrogen) atoms. The lowest BCUT2D eigenvalue weighted by molar-refractivity contribution is 0.0691. The number of halogens is 1. The van der Waals surface area contributed by atoms with Crippen molar-refractivity contribution >= 4 is 46.2 Å². The Morgan fingerprint density at radius 3 is 2.49 bits per heavy atom. The van der Waals surface area contributed by atoms with Crippen molar-refractivity contribution in [3.8, 4) is 0 Å². The number of nitrogens with one attached hydrogen (secondary N) is 2. The average molecular weight is 555 g/mol. The van der Waals surface area contributed by atoms with E-state index < -0.39 is 18.1 Å². The quantitative estimate of drug-likeness (QED) is 0.373. The van der Waals surface area contributed by atoms with Crippen molar-refractivity contribution < 1.29 is 19.4 Å². The number of piperidine rings is 1. The number of benzene rings is 1. The molecule has 3 N–H and O–H groups in total. The molecule has 1 amide bonds. The Hall–Kier alpha value is -3.86. The highest BCUT2D eigenvalue weighted by Gasteiger charge is 2.59. The monoisotopic (exact) mass is 554 g/mol. The average Bonchev–Trinajstić information content (AvgIpc) is 3.28. The van der Waals surface area contributed by atoms with Crippen LogP contribution in [0.2, 0.25) is 5.15 Å². The molecule has 1 unspecified atom stereocenters. The number of anilines is 2. The first-order valence-corrected chi connectivity index (χ1v) is 13.2. The number of nitrogens with zero attached hydrogens (tertiary/aromatic N) is 4. The number of aromatic nitrogens is 3. The number of hydrogen-bond donors (Lipinski definition) is 3. The Kier molecular flexibility index (Phi) is 6.88. The fraction of sp³-hybridized carbons (Fsp3) is 0.444. The maximum Gasteiger partial charge on any atom is 0.407 e. The summed E-state index contributed by atoms with van der Waals surface area (Å²) in [5, 5.41) is 16.1. The lowest BCUT2D eigenvalue weighted by Crippen LogP contribution is -2.36. The number of fused-ring (bicyclic) bond motifs is 2. The van der Waals surface area contributed by atoms with E-state index in [1.165, 1.54) is 6.07 Å². The summed E-state index contributed by atoms with van der Waals surface area (Å²) in [5.74, 6) is -0.269. The maximum atomic E-state index is 13.5. The molecule has 1 aromatic carbocycles. The molecular weight excluding hydrogens is 524 g/mol. The van der Waals surface area contributed by atoms with Gasteiger partial charge in [-0.15, -0.1) is 0 Å². The van der Waals surface area contributed by atoms with Crippen LogP contribution < -0.4 is 21.1 Å². The van der Waals surface area contributed by atoms with Crippen LogP contribution >= 0.6 is 11.6 Å². The Morgan fingerprint density at radius 1 is 1.15 bits per heavy atom. The minimum atomic E-state index is -1.20. The molecular formula is C27H31ClN6O5. The van der Waals surface area contributed by atoms with Gasteiger partial charge in [0, 0.05) is 43.6 Å². The lowest BCUT2D eigenvalue weighted by atomic mass is 10.0. The first kappa shape index (κ1) is 26.7. The van der Waals surface area contributed by atoms with Crippen LogP contribution in [0, 0.1) is 18.8 Å². The summed E-state index contributed by atoms with van der Waals surface area (Å²) in [6.07, 6.45) is -0.535. The SMILES string of the molecule is Cc1cc([C@@H](C)Nc2ccc(Cl)nc2C(=O)O)c2nc(N3C[C@@H]4C(OC(=O)NC(C)C)[C@@H]4C3)n(C)c(=O)c2c1. The molecule has 1 aliphatic heterocycles. The first-order chi connectivity index (χ1) is 18.4. The molecule has 1 saturated carbocycles. The van der Waals surface area contributed by atoms with Crippen LogP contribution in [0.15, 0.2) is 29.1 Å². The topological polar surface area (TPSA) is 139 Å². The first-order valence-electron chi connectivity index (χ1n) is 12.8. The fourth-order valence-electron chi connectivity index (χ4n) is 5.38. The molecule has 0 bridgehead atoms. The van der Waals surface area contributed by atoms with Crippen molar-refractivity contribution in [3.05, 3.63) is 56.6 Å². The van der Waals surface area contributed by atoms with Crippen molar-refractivity contribution in [3.63, 3.8) is 0 Å². The van der Waals surface area contributed by atoms with Gasteiger partial charge in [0.25, 0.3) is 5.56 Å². The fourth-order valence-corrected chi connectivity index (χ4v) is 5.53. The maximum absolute atomic E-state index is 13.5. The smallest absolute Gasteiger partial charge is 0.407 e. The molecule has 0 spiro atoms. The van der Waals surface area contributed by atoms with E-state index in [1.807, 2.05) is 39.8 Å². The Bertz CT molecular complexity index is 1530. The van der Waals surface area contributed by atoms with E-state index >= 15 is 0 Å². The Balaban J connectivity index is 1.44. The predicted molar refractivity (Wildman–Crippen MR) is 148 cm³/mol. The van der Waals surface area contributed by atoms with Gasteiger partial charge in [0.2, 0.25) is 5.95 Å². The summed E-state index contributed by atoms with van der Waals surface area (Å²) in [4.78, 5) is 48.2. The van der Waals surface area contributed by atoms with E-state index in [0.29, 0.717) is 35.6 Å². The molecule has 1 saturated heterocycles. The highest BCUT2D eigenvalue weighted by atomic mass is 35.5. The molecule has 2 fully saturated rings. The van der Waals surface area contributed by atoms with Gasteiger partial charge >= 0.3 is 12.1 Å². The van der Waals surface area contributed by atoms with Crippen molar-refractivity contribution in [2.45, 2.75) is 45.9 Å². The van der Waals surface area contributed by atoms with Gasteiger partial charge in [0.1, 0.15) is 11.3 Å². The Labute approximate surface area is 230 Å². The number of rotatable bonds is 7. The third kappa shape index (κ3) is 5.10. The van der Waals surface area contributed by atoms with Crippen LogP contribution in [0.25, 0.3) is 10.9 Å². The summed E-state index contributed by atoms with van der Waals surface area (Å²) >= 11 is 5.91. The number of carbonyl (C=O) groups excluding carboxylic acids is 1. The van der Waals surface area contributed by atoms with Gasteiger partial charge in [0.15, 0.2) is 5.69 Å². The second-order valence-corrected chi connectivity index (χ2v) is 11.0. The van der Waals surface area contributed by atoms with Gasteiger partial charge in [-0.3, -0.25) is 9.36 Å². The molecule has 2 aromatic heterocycles. The number of hydrogen-bond acceptors (Lipinski definition) is 8. The number of aromatic carboxylic acids is 1. The van der Waals surface area contributed by atoms with E-state index in [-0.39, 0.29) is 40.4 Å². The summed E-state index contributed by atoms with van der Waals surface area (Å²) in [6, 6.07) is 6.46. The molecule has 5 rings (SSSR count). The summed E-state index contributed by atoms with van der Waals surface area (Å²) < 4.78 is 7.13. The summed E-state index contributed by atoms with van der Waals surface area (Å²) in [6.45, 7) is 8.80. The predicted octanol–water partition coefficient (Wildman–Crippen LogP) is 3.73. The Morgan fingerprint density at radius 2 is 1.85 bits per heavy atom. The largest absolute Gasteiger partial charge is 0.476 e. The minimum absolute atomic E-state index is 0.00491. The zero-order valence-corrected chi connectivity index (χ0v) is 23.1. The second kappa shape index (κ2) is 10.0. The van der Waals surface area contributed by atoms with E-state index in [2.05, 4.69) is 20.5 Å². The van der Waals surface area contributed by atoms with Crippen LogP contribution in [0.3, 0.4) is 0 Å². The molecule has 3 aromatic rings. The number of pyridine rings is 1. The molecule has 4 atom stereocenters. The standard InChI is InChI=1S/C27H31ClN6O5/c1-12(2)29-27(38)39-23-17-10-34(11-18(17)23)26-32-21-15(8-13(3)9-16(21)24(35)33(26)5)14(4)30-19-6-7-20(28)31-22(19)25(36)37/h6-9,12,14,17-18,23,30H,10-11H2,1-5H3,(H,29,38)(H,36,37)/t14-,17-,18+,23?/m1/s1. The van der Waals surface area contributed by atoms with Gasteiger partial charge in [0.05, 0.1) is 22.6 Å². The van der Waals surface area contributed by atoms with Crippen molar-refractivity contribution in [2.75, 3.05) is 23.3 Å². The van der Waals surface area contributed by atoms with Gasteiger partial charge in [-0.25, -0.2) is 19.6 Å². The van der Waals surface area contributed by atoms with Crippen LogP contribution in [-0.4, -0.2) is 56.9 Å². The highest BCUT2D eigenvalue weighted by molar-refractivity contribution is 6.29. The number of carboxylic acid groups (broad SMARTS) is 1. The molecule has 0 radical (unpaired) electrons. The molecule has 2 aliphatic rings. The molecule has 12 heteroatoms. The van der Waals surface area contributed by atoms with Crippen LogP contribution in [-0.2, 0) is 11.8 Å². The molecule has 206 valence electrons. The van der Waals surface area contributed by atoms with E-state index in [4.69, 9.17) is 21.3 Å². The van der Waals surface area contributed by atoms with E-state index in [0.717, 1.165) is 11.1 Å².